The van der Waals surface area contributed by atoms with Crippen molar-refractivity contribution in [3.63, 3.8) is 0 Å². The number of aliphatic carboxylic acids is 1. The summed E-state index contributed by atoms with van der Waals surface area (Å²) in [4.78, 5) is 49.9. The second-order valence-electron chi connectivity index (χ2n) is 2.67. The average molecular weight is 224 g/mol. The zero-order valence-corrected chi connectivity index (χ0v) is 8.32. The third-order valence-electron chi connectivity index (χ3n) is 1.77. The number of carboxylic acids is 1. The third-order valence-corrected chi connectivity index (χ3v) is 3.46. The van der Waals surface area contributed by atoms with E-state index in [-0.39, 0.29) is 0 Å². The average Bonchev–Trinajstić information content (AvgIpc) is 1.79. The molecule has 0 bridgehead atoms. The Morgan fingerprint density at radius 3 is 1.36 bits per heavy atom. The second kappa shape index (κ2) is 3.61. The zero-order valence-electron chi connectivity index (χ0n) is 7.42. The quantitative estimate of drug-likeness (QED) is 0.419. The van der Waals surface area contributed by atoms with E-state index in [1.165, 1.54) is 0 Å². The molecule has 0 heterocycles. The maximum absolute atomic E-state index is 10.9. The van der Waals surface area contributed by atoms with E-state index in [1.807, 2.05) is 0 Å². The molecule has 0 aliphatic carbocycles. The summed E-state index contributed by atoms with van der Waals surface area (Å²) in [6.07, 6.45) is 0. The van der Waals surface area contributed by atoms with Gasteiger partial charge in [-0.25, -0.2) is 4.79 Å². The SMILES string of the molecule is CC(=O)C(C(C)=O)(C(=O)O)P(=O)(O)O. The summed E-state index contributed by atoms with van der Waals surface area (Å²) in [6.45, 7) is 1.29. The summed E-state index contributed by atoms with van der Waals surface area (Å²) in [6, 6.07) is 0. The number of hydrogen-bond acceptors (Lipinski definition) is 4. The number of Topliss-reactive ketones (excluding diaryl/α,β-unsaturated/α-hetero) is 2. The van der Waals surface area contributed by atoms with Crippen LogP contribution in [-0.2, 0) is 18.9 Å². The highest BCUT2D eigenvalue weighted by atomic mass is 31.2. The topological polar surface area (TPSA) is 129 Å². The fraction of sp³-hybridized carbons (Fsp3) is 0.500. The highest BCUT2D eigenvalue weighted by Crippen LogP contribution is 2.51. The van der Waals surface area contributed by atoms with Crippen LogP contribution < -0.4 is 0 Å². The van der Waals surface area contributed by atoms with Crippen LogP contribution in [0.5, 0.6) is 0 Å². The van der Waals surface area contributed by atoms with E-state index >= 15 is 0 Å². The van der Waals surface area contributed by atoms with E-state index in [9.17, 15) is 18.9 Å². The van der Waals surface area contributed by atoms with Gasteiger partial charge in [-0.15, -0.1) is 0 Å². The van der Waals surface area contributed by atoms with Gasteiger partial charge in [0.2, 0.25) is 0 Å². The van der Waals surface area contributed by atoms with Crippen molar-refractivity contribution in [1.29, 1.82) is 0 Å². The Hall–Kier alpha value is -1.04. The van der Waals surface area contributed by atoms with Crippen molar-refractivity contribution in [2.75, 3.05) is 0 Å². The van der Waals surface area contributed by atoms with Crippen LogP contribution in [0.25, 0.3) is 0 Å². The molecule has 0 radical (unpaired) electrons. The van der Waals surface area contributed by atoms with Crippen molar-refractivity contribution in [2.45, 2.75) is 19.0 Å². The summed E-state index contributed by atoms with van der Waals surface area (Å²) < 4.78 is 10.8. The molecule has 0 aromatic carbocycles. The molecule has 8 heteroatoms. The number of rotatable bonds is 4. The Balaban J connectivity index is 5.93. The van der Waals surface area contributed by atoms with Crippen molar-refractivity contribution in [1.82, 2.24) is 0 Å². The van der Waals surface area contributed by atoms with Crippen molar-refractivity contribution >= 4 is 25.1 Å². The molecule has 0 spiro atoms. The fourth-order valence-electron chi connectivity index (χ4n) is 1.08. The van der Waals surface area contributed by atoms with Gasteiger partial charge in [-0.2, -0.15) is 0 Å². The Morgan fingerprint density at radius 1 is 1.07 bits per heavy atom. The number of carbonyl (C=O) groups is 3. The van der Waals surface area contributed by atoms with Gasteiger partial charge in [-0.05, 0) is 13.8 Å². The first-order chi connectivity index (χ1) is 6.08. The van der Waals surface area contributed by atoms with Crippen LogP contribution in [0.1, 0.15) is 13.8 Å². The van der Waals surface area contributed by atoms with E-state index < -0.39 is 30.3 Å². The first-order valence-electron chi connectivity index (χ1n) is 3.39. The first-order valence-corrected chi connectivity index (χ1v) is 5.00. The Bertz CT molecular complexity index is 302. The summed E-state index contributed by atoms with van der Waals surface area (Å²) in [5.74, 6) is -4.90. The molecule has 0 amide bonds. The van der Waals surface area contributed by atoms with Gasteiger partial charge < -0.3 is 14.9 Å². The molecular formula is C6H9O7P. The lowest BCUT2D eigenvalue weighted by atomic mass is 10.00. The Kier molecular flexibility index (Phi) is 3.34. The van der Waals surface area contributed by atoms with Crippen LogP contribution in [0, 0.1) is 0 Å². The predicted molar refractivity (Wildman–Crippen MR) is 43.8 cm³/mol. The van der Waals surface area contributed by atoms with E-state index in [0.29, 0.717) is 13.8 Å². The molecule has 3 N–H and O–H groups in total. The molecule has 80 valence electrons. The molecular weight excluding hydrogens is 215 g/mol. The molecule has 0 aromatic heterocycles. The van der Waals surface area contributed by atoms with Crippen molar-refractivity contribution < 1.29 is 33.8 Å². The van der Waals surface area contributed by atoms with Crippen molar-refractivity contribution in [2.24, 2.45) is 0 Å². The summed E-state index contributed by atoms with van der Waals surface area (Å²) in [5.41, 5.74) is 0. The molecule has 0 saturated carbocycles. The van der Waals surface area contributed by atoms with Crippen molar-refractivity contribution in [3.8, 4) is 0 Å². The highest BCUT2D eigenvalue weighted by Gasteiger charge is 2.62. The lowest BCUT2D eigenvalue weighted by Gasteiger charge is -2.24. The monoisotopic (exact) mass is 224 g/mol. The Labute approximate surface area is 78.9 Å². The van der Waals surface area contributed by atoms with E-state index in [0.717, 1.165) is 0 Å². The smallest absolute Gasteiger partial charge is 0.358 e. The predicted octanol–water partition coefficient (Wildman–Crippen LogP) is -0.834. The number of carbonyl (C=O) groups excluding carboxylic acids is 2. The lowest BCUT2D eigenvalue weighted by Crippen LogP contribution is -2.51. The van der Waals surface area contributed by atoms with Gasteiger partial charge in [0.05, 0.1) is 0 Å². The number of carboxylic acid groups (broad SMARTS) is 1. The maximum atomic E-state index is 10.9. The lowest BCUT2D eigenvalue weighted by molar-refractivity contribution is -0.147. The summed E-state index contributed by atoms with van der Waals surface area (Å²) >= 11 is 0. The minimum Gasteiger partial charge on any atom is -0.480 e. The van der Waals surface area contributed by atoms with Crippen LogP contribution in [0.15, 0.2) is 0 Å². The third kappa shape index (κ3) is 1.61. The Morgan fingerprint density at radius 2 is 1.36 bits per heavy atom. The summed E-state index contributed by atoms with van der Waals surface area (Å²) in [7, 11) is -5.37. The number of ketones is 2. The standard InChI is InChI=1S/C6H9O7P/c1-3(7)6(4(2)8,5(9)10)14(11,12)13/h1-2H3,(H,9,10)(H2,11,12,13). The van der Waals surface area contributed by atoms with Crippen LogP contribution in [0.2, 0.25) is 0 Å². The van der Waals surface area contributed by atoms with Gasteiger partial charge in [0.1, 0.15) is 0 Å². The van der Waals surface area contributed by atoms with Gasteiger partial charge in [-0.3, -0.25) is 14.2 Å². The molecule has 7 nitrogen and oxygen atoms in total. The second-order valence-corrected chi connectivity index (χ2v) is 4.43. The largest absolute Gasteiger partial charge is 0.480 e. The van der Waals surface area contributed by atoms with Gasteiger partial charge in [0.25, 0.3) is 5.16 Å². The van der Waals surface area contributed by atoms with Crippen LogP contribution >= 0.6 is 7.60 Å². The van der Waals surface area contributed by atoms with Gasteiger partial charge in [0.15, 0.2) is 11.6 Å². The molecule has 0 rings (SSSR count). The molecule has 14 heavy (non-hydrogen) atoms. The van der Waals surface area contributed by atoms with E-state index in [1.54, 1.807) is 0 Å². The minimum atomic E-state index is -5.37. The maximum Gasteiger partial charge on any atom is 0.358 e. The molecule has 0 atom stereocenters. The number of hydrogen-bond donors (Lipinski definition) is 3. The highest BCUT2D eigenvalue weighted by molar-refractivity contribution is 7.57. The van der Waals surface area contributed by atoms with E-state index in [4.69, 9.17) is 14.9 Å². The molecule has 0 fully saturated rings. The molecule has 0 aliphatic heterocycles. The zero-order chi connectivity index (χ0) is 11.7. The summed E-state index contributed by atoms with van der Waals surface area (Å²) in [5, 5.41) is 5.31. The van der Waals surface area contributed by atoms with Crippen molar-refractivity contribution in [3.05, 3.63) is 0 Å². The minimum absolute atomic E-state index is 0.647. The van der Waals surface area contributed by atoms with Gasteiger partial charge >= 0.3 is 13.6 Å². The molecule has 0 saturated heterocycles. The molecule has 0 aliphatic rings. The normalized spacial score (nSPS) is 12.3. The van der Waals surface area contributed by atoms with E-state index in [2.05, 4.69) is 0 Å². The van der Waals surface area contributed by atoms with Gasteiger partial charge in [0, 0.05) is 0 Å². The molecule has 0 unspecified atom stereocenters. The van der Waals surface area contributed by atoms with Crippen LogP contribution in [0.4, 0.5) is 0 Å². The molecule has 0 aromatic rings. The van der Waals surface area contributed by atoms with Crippen LogP contribution in [0.3, 0.4) is 0 Å². The van der Waals surface area contributed by atoms with Crippen LogP contribution in [-0.4, -0.2) is 37.6 Å². The first kappa shape index (κ1) is 13.0. The van der Waals surface area contributed by atoms with Gasteiger partial charge in [-0.1, -0.05) is 0 Å². The fourth-order valence-corrected chi connectivity index (χ4v) is 2.15.